The fourth-order valence-electron chi connectivity index (χ4n) is 3.80. The van der Waals surface area contributed by atoms with E-state index in [1.54, 1.807) is 6.20 Å². The summed E-state index contributed by atoms with van der Waals surface area (Å²) >= 11 is 0. The summed E-state index contributed by atoms with van der Waals surface area (Å²) < 4.78 is 6.84. The average Bonchev–Trinajstić information content (AvgIpc) is 2.82. The molecule has 3 saturated heterocycles. The maximum atomic E-state index is 6.42. The Morgan fingerprint density at radius 3 is 2.90 bits per heavy atom. The van der Waals surface area contributed by atoms with Crippen LogP contribution >= 0.6 is 0 Å². The molecule has 5 nitrogen and oxygen atoms in total. The van der Waals surface area contributed by atoms with Crippen molar-refractivity contribution in [2.75, 3.05) is 31.5 Å². The Morgan fingerprint density at radius 2 is 2.20 bits per heavy atom. The van der Waals surface area contributed by atoms with Gasteiger partial charge in [0, 0.05) is 25.2 Å². The van der Waals surface area contributed by atoms with Crippen LogP contribution in [0.1, 0.15) is 12.8 Å². The third-order valence-corrected chi connectivity index (χ3v) is 4.86. The lowest BCUT2D eigenvalue weighted by Gasteiger charge is -2.64. The number of aromatic nitrogens is 1. The first-order chi connectivity index (χ1) is 9.68. The zero-order chi connectivity index (χ0) is 13.6. The number of anilines is 1. The number of aliphatic imine (C=N–C) groups is 1. The number of piperidine rings is 3. The van der Waals surface area contributed by atoms with E-state index >= 15 is 0 Å². The van der Waals surface area contributed by atoms with Gasteiger partial charge < -0.3 is 9.13 Å². The topological polar surface area (TPSA) is 46.5 Å². The quantitative estimate of drug-likeness (QED) is 0.772. The lowest BCUT2D eigenvalue weighted by Crippen LogP contribution is -2.69. The Morgan fingerprint density at radius 1 is 1.35 bits per heavy atom. The van der Waals surface area contributed by atoms with Crippen molar-refractivity contribution in [1.29, 1.82) is 0 Å². The maximum Gasteiger partial charge on any atom is 0.291 e. The highest BCUT2D eigenvalue weighted by Crippen LogP contribution is 2.43. The Labute approximate surface area is 120 Å². The zero-order valence-electron chi connectivity index (χ0n) is 11.5. The minimum Gasteiger partial charge on any atom is -0.585 e. The monoisotopic (exact) mass is 269 g/mol. The van der Waals surface area contributed by atoms with Gasteiger partial charge in [-0.25, -0.2) is 18.0 Å². The van der Waals surface area contributed by atoms with Crippen LogP contribution in [0.25, 0.3) is 0 Å². The smallest absolute Gasteiger partial charge is 0.291 e. The second-order valence-corrected chi connectivity index (χ2v) is 6.23. The van der Waals surface area contributed by atoms with Gasteiger partial charge >= 0.3 is 0 Å². The van der Waals surface area contributed by atoms with Crippen molar-refractivity contribution >= 4 is 19.8 Å². The number of hydrogen-bond donors (Lipinski definition) is 1. The first-order valence-corrected chi connectivity index (χ1v) is 7.24. The molecule has 5 heterocycles. The van der Waals surface area contributed by atoms with Gasteiger partial charge in [-0.15, -0.1) is 0 Å². The minimum absolute atomic E-state index is 0.192. The van der Waals surface area contributed by atoms with Crippen molar-refractivity contribution in [2.24, 2.45) is 10.9 Å². The molecule has 0 aliphatic carbocycles. The zero-order valence-corrected chi connectivity index (χ0v) is 11.5. The van der Waals surface area contributed by atoms with E-state index < -0.39 is 0 Å². The molecular weight excluding hydrogens is 251 g/mol. The lowest BCUT2D eigenvalue weighted by molar-refractivity contribution is -0.845. The molecule has 103 valence electrons. The van der Waals surface area contributed by atoms with Crippen LogP contribution in [0.2, 0.25) is 0 Å². The predicted molar refractivity (Wildman–Crippen MR) is 77.3 cm³/mol. The van der Waals surface area contributed by atoms with E-state index in [9.17, 15) is 0 Å². The number of amidine groups is 1. The fourth-order valence-corrected chi connectivity index (χ4v) is 3.80. The molecule has 0 saturated carbocycles. The number of nitrogens with zero attached hydrogens (tertiary/aromatic N) is 3. The van der Waals surface area contributed by atoms with Crippen LogP contribution in [0.3, 0.4) is 0 Å². The molecule has 20 heavy (non-hydrogen) atoms. The number of rotatable bonds is 1. The Balaban J connectivity index is 1.50. The van der Waals surface area contributed by atoms with Gasteiger partial charge in [0.2, 0.25) is 0 Å². The van der Waals surface area contributed by atoms with Crippen molar-refractivity contribution in [2.45, 2.75) is 18.4 Å². The first-order valence-electron chi connectivity index (χ1n) is 7.24. The molecule has 4 aliphatic heterocycles. The second kappa shape index (κ2) is 4.22. The van der Waals surface area contributed by atoms with Gasteiger partial charge in [0.1, 0.15) is 5.82 Å². The van der Waals surface area contributed by atoms with Crippen molar-refractivity contribution in [3.63, 3.8) is 0 Å². The summed E-state index contributed by atoms with van der Waals surface area (Å²) in [5.41, 5.74) is -0.192. The molecule has 4 aliphatic rings. The molecule has 3 fully saturated rings. The van der Waals surface area contributed by atoms with E-state index in [-0.39, 0.29) is 5.60 Å². The number of fused-ring (bicyclic) bond motifs is 2. The van der Waals surface area contributed by atoms with E-state index in [0.29, 0.717) is 22.9 Å². The number of ether oxygens (including phenoxy) is 1. The Kier molecular flexibility index (Phi) is 2.57. The van der Waals surface area contributed by atoms with Gasteiger partial charge in [-0.2, -0.15) is 0 Å². The highest BCUT2D eigenvalue weighted by molar-refractivity contribution is 5.97. The van der Waals surface area contributed by atoms with Crippen molar-refractivity contribution in [1.82, 2.24) is 4.98 Å². The van der Waals surface area contributed by atoms with Crippen LogP contribution in [0, 0.1) is 5.92 Å². The summed E-state index contributed by atoms with van der Waals surface area (Å²) in [5.74, 6) is 1.35. The molecule has 1 aromatic heterocycles. The highest BCUT2D eigenvalue weighted by Gasteiger charge is 2.54. The number of nitrogens with one attached hydrogen (secondary N) is 1. The van der Waals surface area contributed by atoms with E-state index in [4.69, 9.17) is 12.7 Å². The maximum absolute atomic E-state index is 6.42. The van der Waals surface area contributed by atoms with Crippen LogP contribution in [-0.4, -0.2) is 55.2 Å². The van der Waals surface area contributed by atoms with Gasteiger partial charge in [0.05, 0.1) is 13.1 Å². The third-order valence-electron chi connectivity index (χ3n) is 4.86. The molecule has 1 N–H and O–H groups in total. The minimum atomic E-state index is -0.192. The molecule has 3 radical (unpaired) electrons. The number of pyridine rings is 1. The molecule has 0 aromatic carbocycles. The fraction of sp³-hybridized carbons (Fsp3) is 0.571. The summed E-state index contributed by atoms with van der Waals surface area (Å²) in [6.45, 7) is 3.72. The second-order valence-electron chi connectivity index (χ2n) is 6.23. The average molecular weight is 269 g/mol. The van der Waals surface area contributed by atoms with Crippen LogP contribution < -0.4 is 5.32 Å². The van der Waals surface area contributed by atoms with Crippen LogP contribution in [0.4, 0.5) is 5.82 Å². The third kappa shape index (κ3) is 1.90. The molecule has 2 bridgehead atoms. The molecular formula is C14H18BN4O. The molecule has 1 unspecified atom stereocenters. The van der Waals surface area contributed by atoms with Crippen molar-refractivity contribution in [3.8, 4) is 0 Å². The van der Waals surface area contributed by atoms with Crippen LogP contribution in [-0.2, 0) is 4.74 Å². The molecule has 0 amide bonds. The first kappa shape index (κ1) is 12.2. The largest absolute Gasteiger partial charge is 0.585 e. The molecule has 6 heteroatoms. The Hall–Kier alpha value is -1.56. The van der Waals surface area contributed by atoms with Gasteiger partial charge in [-0.05, 0) is 25.0 Å². The van der Waals surface area contributed by atoms with E-state index in [2.05, 4.69) is 15.3 Å². The lowest BCUT2D eigenvalue weighted by atomic mass is 9.72. The molecule has 1 atom stereocenters. The SMILES string of the molecule is [B-][N+]12CCC(CC1)C1(CN=C(Nc3ccccn3)O1)C2. The molecule has 1 aromatic rings. The standard InChI is InChI=1S/C14H18BN4O/c15-19-7-4-11(5-8-19)14(10-19)9-17-13(20-14)18-12-3-1-2-6-16-12/h1-3,6,11H,4-5,7-10H2,(H,16,17,18). The van der Waals surface area contributed by atoms with Crippen molar-refractivity contribution < 1.29 is 9.13 Å². The van der Waals surface area contributed by atoms with Gasteiger partial charge in [0.25, 0.3) is 6.02 Å². The summed E-state index contributed by atoms with van der Waals surface area (Å²) in [5, 5.41) is 3.15. The predicted octanol–water partition coefficient (Wildman–Crippen LogP) is 0.942. The Bertz CT molecular complexity index is 541. The van der Waals surface area contributed by atoms with E-state index in [1.165, 1.54) is 0 Å². The van der Waals surface area contributed by atoms with Gasteiger partial charge in [0.15, 0.2) is 5.60 Å². The van der Waals surface area contributed by atoms with E-state index in [0.717, 1.165) is 38.3 Å². The molecule has 5 rings (SSSR count). The van der Waals surface area contributed by atoms with E-state index in [1.807, 2.05) is 18.2 Å². The highest BCUT2D eigenvalue weighted by atomic mass is 16.5. The summed E-state index contributed by atoms with van der Waals surface area (Å²) in [4.78, 5) is 8.77. The summed E-state index contributed by atoms with van der Waals surface area (Å²) in [6.07, 6.45) is 4.04. The number of hydrogen-bond acceptors (Lipinski definition) is 4. The van der Waals surface area contributed by atoms with Crippen molar-refractivity contribution in [3.05, 3.63) is 24.4 Å². The van der Waals surface area contributed by atoms with Gasteiger partial charge in [-0.3, -0.25) is 5.32 Å². The summed E-state index contributed by atoms with van der Waals surface area (Å²) in [6, 6.07) is 6.32. The molecule has 1 spiro atoms. The normalized spacial score (nSPS) is 38.6. The van der Waals surface area contributed by atoms with Crippen LogP contribution in [0.15, 0.2) is 29.4 Å². The summed E-state index contributed by atoms with van der Waals surface area (Å²) in [7, 11) is 6.42. The van der Waals surface area contributed by atoms with Crippen LogP contribution in [0.5, 0.6) is 0 Å². The van der Waals surface area contributed by atoms with Gasteiger partial charge in [-0.1, -0.05) is 6.07 Å². The number of quaternary nitrogens is 1.